The van der Waals surface area contributed by atoms with Crippen molar-refractivity contribution in [1.82, 2.24) is 10.2 Å². The van der Waals surface area contributed by atoms with Crippen LogP contribution in [0.15, 0.2) is 24.3 Å². The van der Waals surface area contributed by atoms with E-state index in [2.05, 4.69) is 69.1 Å². The van der Waals surface area contributed by atoms with Crippen molar-refractivity contribution in [2.75, 3.05) is 26.2 Å². The van der Waals surface area contributed by atoms with Crippen molar-refractivity contribution in [2.45, 2.75) is 59.4 Å². The van der Waals surface area contributed by atoms with Gasteiger partial charge in [-0.2, -0.15) is 0 Å². The first-order chi connectivity index (χ1) is 9.97. The minimum atomic E-state index is 0.246. The molecular weight excluding hydrogens is 256 g/mol. The third kappa shape index (κ3) is 7.10. The lowest BCUT2D eigenvalue weighted by atomic mass is 9.87. The molecule has 21 heavy (non-hydrogen) atoms. The summed E-state index contributed by atoms with van der Waals surface area (Å²) >= 11 is 0. The van der Waals surface area contributed by atoms with Gasteiger partial charge in [0.25, 0.3) is 0 Å². The highest BCUT2D eigenvalue weighted by Gasteiger charge is 2.12. The van der Waals surface area contributed by atoms with Crippen molar-refractivity contribution in [2.24, 2.45) is 0 Å². The van der Waals surface area contributed by atoms with Gasteiger partial charge in [-0.25, -0.2) is 0 Å². The molecule has 0 amide bonds. The van der Waals surface area contributed by atoms with Crippen molar-refractivity contribution in [1.29, 1.82) is 0 Å². The summed E-state index contributed by atoms with van der Waals surface area (Å²) in [5.74, 6) is 0. The zero-order valence-corrected chi connectivity index (χ0v) is 14.7. The number of rotatable bonds is 9. The molecule has 0 radical (unpaired) electrons. The molecule has 120 valence electrons. The fraction of sp³-hybridized carbons (Fsp3) is 0.684. The first-order valence-electron chi connectivity index (χ1n) is 8.49. The number of nitrogens with one attached hydrogen (secondary N) is 1. The van der Waals surface area contributed by atoms with Crippen LogP contribution >= 0.6 is 0 Å². The quantitative estimate of drug-likeness (QED) is 0.686. The Kier molecular flexibility index (Phi) is 7.98. The second-order valence-corrected chi connectivity index (χ2v) is 6.86. The molecule has 0 fully saturated rings. The molecule has 0 aliphatic carbocycles. The van der Waals surface area contributed by atoms with Gasteiger partial charge < -0.3 is 10.2 Å². The molecule has 0 saturated carbocycles. The Bertz CT molecular complexity index is 372. The van der Waals surface area contributed by atoms with Gasteiger partial charge in [0.2, 0.25) is 0 Å². The summed E-state index contributed by atoms with van der Waals surface area (Å²) in [7, 11) is 0. The average molecular weight is 290 g/mol. The summed E-state index contributed by atoms with van der Waals surface area (Å²) in [4.78, 5) is 2.49. The van der Waals surface area contributed by atoms with Crippen LogP contribution in [0, 0.1) is 0 Å². The molecular formula is C19H34N2. The lowest BCUT2D eigenvalue weighted by Gasteiger charge is -2.19. The molecule has 0 atom stereocenters. The van der Waals surface area contributed by atoms with Gasteiger partial charge in [-0.15, -0.1) is 0 Å². The van der Waals surface area contributed by atoms with E-state index in [4.69, 9.17) is 0 Å². The summed E-state index contributed by atoms with van der Waals surface area (Å²) < 4.78 is 0. The minimum Gasteiger partial charge on any atom is -0.313 e. The topological polar surface area (TPSA) is 15.3 Å². The lowest BCUT2D eigenvalue weighted by molar-refractivity contribution is 0.296. The van der Waals surface area contributed by atoms with Crippen LogP contribution in [-0.2, 0) is 12.0 Å². The highest BCUT2D eigenvalue weighted by molar-refractivity contribution is 5.27. The van der Waals surface area contributed by atoms with E-state index in [9.17, 15) is 0 Å². The second kappa shape index (κ2) is 9.22. The van der Waals surface area contributed by atoms with Gasteiger partial charge >= 0.3 is 0 Å². The van der Waals surface area contributed by atoms with Crippen LogP contribution in [0.2, 0.25) is 0 Å². The standard InChI is InChI=1S/C19H34N2/c1-6-21(7-2)15-9-8-14-20-16-17-10-12-18(13-11-17)19(3,4)5/h10-13,20H,6-9,14-16H2,1-5H3. The number of nitrogens with zero attached hydrogens (tertiary/aromatic N) is 1. The highest BCUT2D eigenvalue weighted by atomic mass is 15.1. The zero-order chi connectivity index (χ0) is 15.7. The van der Waals surface area contributed by atoms with E-state index >= 15 is 0 Å². The summed E-state index contributed by atoms with van der Waals surface area (Å²) in [6.45, 7) is 16.9. The molecule has 1 aromatic rings. The van der Waals surface area contributed by atoms with E-state index in [1.54, 1.807) is 0 Å². The Hall–Kier alpha value is -0.860. The smallest absolute Gasteiger partial charge is 0.0205 e. The molecule has 0 aliphatic rings. The number of benzene rings is 1. The van der Waals surface area contributed by atoms with Crippen molar-refractivity contribution >= 4 is 0 Å². The van der Waals surface area contributed by atoms with E-state index in [1.807, 2.05) is 0 Å². The van der Waals surface area contributed by atoms with E-state index < -0.39 is 0 Å². The van der Waals surface area contributed by atoms with Gasteiger partial charge in [0.15, 0.2) is 0 Å². The van der Waals surface area contributed by atoms with Gasteiger partial charge in [0.05, 0.1) is 0 Å². The van der Waals surface area contributed by atoms with Gasteiger partial charge in [-0.1, -0.05) is 58.9 Å². The third-order valence-corrected chi connectivity index (χ3v) is 4.12. The molecule has 0 spiro atoms. The molecule has 1 rings (SSSR count). The van der Waals surface area contributed by atoms with Crippen molar-refractivity contribution in [3.05, 3.63) is 35.4 Å². The predicted octanol–water partition coefficient (Wildman–Crippen LogP) is 4.20. The van der Waals surface area contributed by atoms with E-state index in [-0.39, 0.29) is 5.41 Å². The monoisotopic (exact) mass is 290 g/mol. The van der Waals surface area contributed by atoms with Crippen molar-refractivity contribution < 1.29 is 0 Å². The predicted molar refractivity (Wildman–Crippen MR) is 93.9 cm³/mol. The van der Waals surface area contributed by atoms with Crippen LogP contribution in [0.4, 0.5) is 0 Å². The second-order valence-electron chi connectivity index (χ2n) is 6.86. The zero-order valence-electron chi connectivity index (χ0n) is 14.7. The fourth-order valence-corrected chi connectivity index (χ4v) is 2.48. The molecule has 0 bridgehead atoms. The Morgan fingerprint density at radius 2 is 1.57 bits per heavy atom. The molecule has 0 saturated heterocycles. The molecule has 1 N–H and O–H groups in total. The van der Waals surface area contributed by atoms with Crippen LogP contribution in [0.3, 0.4) is 0 Å². The van der Waals surface area contributed by atoms with Gasteiger partial charge in [-0.3, -0.25) is 0 Å². The van der Waals surface area contributed by atoms with Crippen LogP contribution < -0.4 is 5.32 Å². The minimum absolute atomic E-state index is 0.246. The van der Waals surface area contributed by atoms with Crippen molar-refractivity contribution in [3.63, 3.8) is 0 Å². The first-order valence-corrected chi connectivity index (χ1v) is 8.49. The fourth-order valence-electron chi connectivity index (χ4n) is 2.48. The average Bonchev–Trinajstić information content (AvgIpc) is 2.46. The summed E-state index contributed by atoms with van der Waals surface area (Å²) in [6.07, 6.45) is 2.55. The van der Waals surface area contributed by atoms with E-state index in [0.29, 0.717) is 0 Å². The van der Waals surface area contributed by atoms with Crippen molar-refractivity contribution in [3.8, 4) is 0 Å². The highest BCUT2D eigenvalue weighted by Crippen LogP contribution is 2.22. The molecule has 2 nitrogen and oxygen atoms in total. The Morgan fingerprint density at radius 3 is 2.10 bits per heavy atom. The van der Waals surface area contributed by atoms with Gasteiger partial charge in [0.1, 0.15) is 0 Å². The maximum Gasteiger partial charge on any atom is 0.0205 e. The van der Waals surface area contributed by atoms with Crippen LogP contribution in [-0.4, -0.2) is 31.1 Å². The Morgan fingerprint density at radius 1 is 0.952 bits per heavy atom. The Labute approximate surface area is 131 Å². The molecule has 0 unspecified atom stereocenters. The van der Waals surface area contributed by atoms with Gasteiger partial charge in [0, 0.05) is 6.54 Å². The summed E-state index contributed by atoms with van der Waals surface area (Å²) in [6, 6.07) is 9.03. The number of hydrogen-bond donors (Lipinski definition) is 1. The van der Waals surface area contributed by atoms with Crippen LogP contribution in [0.5, 0.6) is 0 Å². The first kappa shape index (κ1) is 18.2. The molecule has 1 aromatic carbocycles. The van der Waals surface area contributed by atoms with Crippen LogP contribution in [0.1, 0.15) is 58.6 Å². The summed E-state index contributed by atoms with van der Waals surface area (Å²) in [5.41, 5.74) is 3.04. The Balaban J connectivity index is 2.18. The number of hydrogen-bond acceptors (Lipinski definition) is 2. The SMILES string of the molecule is CCN(CC)CCCCNCc1ccc(C(C)(C)C)cc1. The van der Waals surface area contributed by atoms with E-state index in [1.165, 1.54) is 43.6 Å². The largest absolute Gasteiger partial charge is 0.313 e. The molecule has 0 heterocycles. The summed E-state index contributed by atoms with van der Waals surface area (Å²) in [5, 5.41) is 3.55. The van der Waals surface area contributed by atoms with Gasteiger partial charge in [-0.05, 0) is 55.6 Å². The maximum absolute atomic E-state index is 3.55. The third-order valence-electron chi connectivity index (χ3n) is 4.12. The normalized spacial score (nSPS) is 12.1. The molecule has 2 heteroatoms. The van der Waals surface area contributed by atoms with E-state index in [0.717, 1.165) is 13.1 Å². The molecule has 0 aliphatic heterocycles. The van der Waals surface area contributed by atoms with Crippen LogP contribution in [0.25, 0.3) is 0 Å². The maximum atomic E-state index is 3.55. The lowest BCUT2D eigenvalue weighted by Crippen LogP contribution is -2.25. The molecule has 0 aromatic heterocycles. The number of unbranched alkanes of at least 4 members (excludes halogenated alkanes) is 1.